The van der Waals surface area contributed by atoms with Gasteiger partial charge in [0.05, 0.1) is 0 Å². The Hall–Kier alpha value is -1.80. The number of piperazine rings is 1. The molecule has 2 nitrogen and oxygen atoms in total. The summed E-state index contributed by atoms with van der Waals surface area (Å²) in [6, 6.07) is 22.0. The van der Waals surface area contributed by atoms with Gasteiger partial charge in [0.25, 0.3) is 0 Å². The molecule has 0 saturated carbocycles. The van der Waals surface area contributed by atoms with Crippen LogP contribution in [0, 0.1) is 0 Å². The Morgan fingerprint density at radius 3 is 1.90 bits per heavy atom. The summed E-state index contributed by atoms with van der Waals surface area (Å²) < 4.78 is 0. The van der Waals surface area contributed by atoms with Gasteiger partial charge >= 0.3 is 0 Å². The topological polar surface area (TPSA) is 6.48 Å². The maximum atomic E-state index is 2.58. The van der Waals surface area contributed by atoms with Gasteiger partial charge in [-0.3, -0.25) is 4.90 Å². The molecular formula is C18H22N2. The van der Waals surface area contributed by atoms with E-state index in [1.54, 1.807) is 0 Å². The third kappa shape index (κ3) is 2.86. The van der Waals surface area contributed by atoms with E-state index in [-0.39, 0.29) is 0 Å². The van der Waals surface area contributed by atoms with Crippen molar-refractivity contribution >= 4 is 5.69 Å². The zero-order valence-electron chi connectivity index (χ0n) is 12.1. The van der Waals surface area contributed by atoms with Gasteiger partial charge in [0.2, 0.25) is 0 Å². The van der Waals surface area contributed by atoms with E-state index in [4.69, 9.17) is 0 Å². The first kappa shape index (κ1) is 13.2. The standard InChI is InChI=1S/C18H22N2/c1-16(17-8-4-2-5-9-17)19-12-14-20(15-13-19)18-10-6-3-7-11-18/h2-11,16H,12-15H2,1H3. The lowest BCUT2D eigenvalue weighted by Crippen LogP contribution is -2.47. The van der Waals surface area contributed by atoms with Crippen LogP contribution in [0.3, 0.4) is 0 Å². The smallest absolute Gasteiger partial charge is 0.0367 e. The number of anilines is 1. The summed E-state index contributed by atoms with van der Waals surface area (Å²) in [7, 11) is 0. The molecule has 0 radical (unpaired) electrons. The Balaban J connectivity index is 1.61. The highest BCUT2D eigenvalue weighted by Gasteiger charge is 2.21. The SMILES string of the molecule is CC(c1ccccc1)N1CCN(c2ccccc2)CC1. The highest BCUT2D eigenvalue weighted by Crippen LogP contribution is 2.23. The van der Waals surface area contributed by atoms with Crippen molar-refractivity contribution in [3.63, 3.8) is 0 Å². The van der Waals surface area contributed by atoms with Gasteiger partial charge < -0.3 is 4.90 Å². The van der Waals surface area contributed by atoms with Crippen molar-refractivity contribution in [3.8, 4) is 0 Å². The maximum absolute atomic E-state index is 2.58. The molecule has 0 N–H and O–H groups in total. The minimum Gasteiger partial charge on any atom is -0.369 e. The van der Waals surface area contributed by atoms with Gasteiger partial charge in [-0.05, 0) is 24.6 Å². The first-order valence-electron chi connectivity index (χ1n) is 7.43. The maximum Gasteiger partial charge on any atom is 0.0367 e. The average molecular weight is 266 g/mol. The van der Waals surface area contributed by atoms with Gasteiger partial charge in [-0.1, -0.05) is 48.5 Å². The number of rotatable bonds is 3. The van der Waals surface area contributed by atoms with Gasteiger partial charge in [-0.15, -0.1) is 0 Å². The van der Waals surface area contributed by atoms with Gasteiger partial charge in [0.15, 0.2) is 0 Å². The molecule has 0 spiro atoms. The molecule has 3 rings (SSSR count). The van der Waals surface area contributed by atoms with E-state index in [0.29, 0.717) is 6.04 Å². The molecule has 1 aliphatic rings. The summed E-state index contributed by atoms with van der Waals surface area (Å²) in [6.07, 6.45) is 0. The largest absolute Gasteiger partial charge is 0.369 e. The molecular weight excluding hydrogens is 244 g/mol. The second-order valence-electron chi connectivity index (χ2n) is 5.45. The summed E-state index contributed by atoms with van der Waals surface area (Å²) in [5, 5.41) is 0. The fourth-order valence-electron chi connectivity index (χ4n) is 2.95. The van der Waals surface area contributed by atoms with Crippen LogP contribution in [0.4, 0.5) is 5.69 Å². The van der Waals surface area contributed by atoms with Crippen LogP contribution < -0.4 is 4.90 Å². The van der Waals surface area contributed by atoms with Crippen LogP contribution in [-0.4, -0.2) is 31.1 Å². The molecule has 104 valence electrons. The second kappa shape index (κ2) is 6.10. The summed E-state index contributed by atoms with van der Waals surface area (Å²) in [5.74, 6) is 0. The van der Waals surface area contributed by atoms with E-state index in [1.165, 1.54) is 11.3 Å². The van der Waals surface area contributed by atoms with Crippen LogP contribution >= 0.6 is 0 Å². The van der Waals surface area contributed by atoms with Crippen molar-refractivity contribution in [2.45, 2.75) is 13.0 Å². The van der Waals surface area contributed by atoms with E-state index in [1.807, 2.05) is 0 Å². The number of hydrogen-bond acceptors (Lipinski definition) is 2. The Bertz CT molecular complexity index is 516. The van der Waals surface area contributed by atoms with E-state index >= 15 is 0 Å². The molecule has 2 heteroatoms. The minimum atomic E-state index is 0.508. The lowest BCUT2D eigenvalue weighted by atomic mass is 10.1. The Labute approximate surface area is 121 Å². The van der Waals surface area contributed by atoms with Crippen LogP contribution in [-0.2, 0) is 0 Å². The first-order chi connectivity index (χ1) is 9.84. The molecule has 20 heavy (non-hydrogen) atoms. The second-order valence-corrected chi connectivity index (χ2v) is 5.45. The summed E-state index contributed by atoms with van der Waals surface area (Å²) in [5.41, 5.74) is 2.76. The molecule has 1 aliphatic heterocycles. The van der Waals surface area contributed by atoms with Crippen LogP contribution in [0.5, 0.6) is 0 Å². The van der Waals surface area contributed by atoms with Gasteiger partial charge in [0.1, 0.15) is 0 Å². The molecule has 1 unspecified atom stereocenters. The Kier molecular flexibility index (Phi) is 4.03. The summed E-state index contributed by atoms with van der Waals surface area (Å²) >= 11 is 0. The molecule has 1 fully saturated rings. The molecule has 1 saturated heterocycles. The highest BCUT2D eigenvalue weighted by molar-refractivity contribution is 5.46. The number of benzene rings is 2. The molecule has 1 heterocycles. The molecule has 2 aromatic rings. The predicted molar refractivity (Wildman–Crippen MR) is 85.1 cm³/mol. The van der Waals surface area contributed by atoms with Crippen LogP contribution in [0.2, 0.25) is 0 Å². The van der Waals surface area contributed by atoms with Crippen LogP contribution in [0.15, 0.2) is 60.7 Å². The molecule has 0 bridgehead atoms. The Morgan fingerprint density at radius 2 is 1.30 bits per heavy atom. The van der Waals surface area contributed by atoms with E-state index in [2.05, 4.69) is 77.4 Å². The van der Waals surface area contributed by atoms with E-state index in [0.717, 1.165) is 26.2 Å². The number of nitrogens with zero attached hydrogens (tertiary/aromatic N) is 2. The van der Waals surface area contributed by atoms with E-state index in [9.17, 15) is 0 Å². The zero-order valence-corrected chi connectivity index (χ0v) is 12.1. The number of para-hydroxylation sites is 1. The quantitative estimate of drug-likeness (QED) is 0.838. The van der Waals surface area contributed by atoms with Crippen molar-refractivity contribution < 1.29 is 0 Å². The minimum absolute atomic E-state index is 0.508. The zero-order chi connectivity index (χ0) is 13.8. The van der Waals surface area contributed by atoms with Crippen LogP contribution in [0.1, 0.15) is 18.5 Å². The van der Waals surface area contributed by atoms with Crippen molar-refractivity contribution in [3.05, 3.63) is 66.2 Å². The normalized spacial score (nSPS) is 17.9. The van der Waals surface area contributed by atoms with Crippen LogP contribution in [0.25, 0.3) is 0 Å². The van der Waals surface area contributed by atoms with Crippen molar-refractivity contribution in [1.82, 2.24) is 4.90 Å². The Morgan fingerprint density at radius 1 is 0.750 bits per heavy atom. The van der Waals surface area contributed by atoms with Gasteiger partial charge in [0, 0.05) is 37.9 Å². The molecule has 0 amide bonds. The van der Waals surface area contributed by atoms with Gasteiger partial charge in [-0.2, -0.15) is 0 Å². The fourth-order valence-corrected chi connectivity index (χ4v) is 2.95. The highest BCUT2D eigenvalue weighted by atomic mass is 15.3. The lowest BCUT2D eigenvalue weighted by molar-refractivity contribution is 0.198. The third-order valence-electron chi connectivity index (χ3n) is 4.27. The lowest BCUT2D eigenvalue weighted by Gasteiger charge is -2.39. The van der Waals surface area contributed by atoms with Crippen molar-refractivity contribution in [2.24, 2.45) is 0 Å². The predicted octanol–water partition coefficient (Wildman–Crippen LogP) is 3.57. The third-order valence-corrected chi connectivity index (χ3v) is 4.27. The molecule has 0 aliphatic carbocycles. The first-order valence-corrected chi connectivity index (χ1v) is 7.43. The summed E-state index contributed by atoms with van der Waals surface area (Å²) in [4.78, 5) is 5.06. The average Bonchev–Trinajstić information content (AvgIpc) is 2.56. The monoisotopic (exact) mass is 266 g/mol. The van der Waals surface area contributed by atoms with E-state index < -0.39 is 0 Å². The van der Waals surface area contributed by atoms with Crippen molar-refractivity contribution in [2.75, 3.05) is 31.1 Å². The van der Waals surface area contributed by atoms with Gasteiger partial charge in [-0.25, -0.2) is 0 Å². The molecule has 2 aromatic carbocycles. The summed E-state index contributed by atoms with van der Waals surface area (Å²) in [6.45, 7) is 6.80. The molecule has 1 atom stereocenters. The molecule has 0 aromatic heterocycles. The number of hydrogen-bond donors (Lipinski definition) is 0. The van der Waals surface area contributed by atoms with Crippen molar-refractivity contribution in [1.29, 1.82) is 0 Å². The fraction of sp³-hybridized carbons (Fsp3) is 0.333.